The highest BCUT2D eigenvalue weighted by Gasteiger charge is 2.24. The van der Waals surface area contributed by atoms with Gasteiger partial charge in [0.25, 0.3) is 5.91 Å². The average Bonchev–Trinajstić information content (AvgIpc) is 2.94. The predicted molar refractivity (Wildman–Crippen MR) is 98.6 cm³/mol. The average molecular weight is 371 g/mol. The van der Waals surface area contributed by atoms with Crippen molar-refractivity contribution >= 4 is 11.9 Å². The fraction of sp³-hybridized carbons (Fsp3) is 0.526. The number of tetrazole rings is 1. The third-order valence-electron chi connectivity index (χ3n) is 4.61. The van der Waals surface area contributed by atoms with E-state index in [1.54, 1.807) is 11.8 Å². The van der Waals surface area contributed by atoms with Crippen molar-refractivity contribution in [3.63, 3.8) is 0 Å². The van der Waals surface area contributed by atoms with Crippen molar-refractivity contribution in [3.8, 4) is 11.4 Å². The molecule has 27 heavy (non-hydrogen) atoms. The third-order valence-corrected chi connectivity index (χ3v) is 4.61. The van der Waals surface area contributed by atoms with Crippen LogP contribution in [-0.2, 0) is 20.9 Å². The Morgan fingerprint density at radius 1 is 1.11 bits per heavy atom. The van der Waals surface area contributed by atoms with E-state index in [4.69, 9.17) is 4.74 Å². The van der Waals surface area contributed by atoms with Gasteiger partial charge in [0.1, 0.15) is 0 Å². The molecule has 0 radical (unpaired) electrons. The molecule has 0 N–H and O–H groups in total. The van der Waals surface area contributed by atoms with Crippen LogP contribution in [0.4, 0.5) is 0 Å². The van der Waals surface area contributed by atoms with Gasteiger partial charge in [-0.3, -0.25) is 4.79 Å². The number of hydrogen-bond acceptors (Lipinski definition) is 6. The lowest BCUT2D eigenvalue weighted by Gasteiger charge is -2.23. The van der Waals surface area contributed by atoms with Crippen LogP contribution < -0.4 is 0 Å². The van der Waals surface area contributed by atoms with E-state index in [-0.39, 0.29) is 12.5 Å². The first kappa shape index (κ1) is 19.0. The van der Waals surface area contributed by atoms with Gasteiger partial charge in [-0.25, -0.2) is 4.79 Å². The van der Waals surface area contributed by atoms with Crippen LogP contribution in [0.25, 0.3) is 11.4 Å². The Balaban J connectivity index is 1.54. The second kappa shape index (κ2) is 8.75. The number of benzene rings is 1. The molecule has 8 heteroatoms. The predicted octanol–water partition coefficient (Wildman–Crippen LogP) is 1.98. The largest absolute Gasteiger partial charge is 0.451 e. The zero-order valence-electron chi connectivity index (χ0n) is 15.8. The molecule has 1 aliphatic rings. The highest BCUT2D eigenvalue weighted by Crippen LogP contribution is 2.14. The van der Waals surface area contributed by atoms with E-state index in [9.17, 15) is 9.59 Å². The Morgan fingerprint density at radius 2 is 1.78 bits per heavy atom. The minimum Gasteiger partial charge on any atom is -0.451 e. The van der Waals surface area contributed by atoms with E-state index in [0.717, 1.165) is 49.9 Å². The van der Waals surface area contributed by atoms with Crippen LogP contribution in [0.15, 0.2) is 24.3 Å². The number of rotatable bonds is 5. The molecule has 0 aliphatic carbocycles. The van der Waals surface area contributed by atoms with E-state index in [2.05, 4.69) is 15.4 Å². The number of aromatic nitrogens is 4. The van der Waals surface area contributed by atoms with Gasteiger partial charge in [0, 0.05) is 18.7 Å². The number of ether oxygens (including phenoxy) is 1. The molecular weight excluding hydrogens is 346 g/mol. The Kier molecular flexibility index (Phi) is 6.16. The molecule has 1 aromatic carbocycles. The summed E-state index contributed by atoms with van der Waals surface area (Å²) in [4.78, 5) is 27.6. The lowest BCUT2D eigenvalue weighted by atomic mass is 10.1. The summed E-state index contributed by atoms with van der Waals surface area (Å²) in [5.74, 6) is -0.257. The van der Waals surface area contributed by atoms with Crippen molar-refractivity contribution in [2.75, 3.05) is 13.1 Å². The molecule has 1 atom stereocenters. The van der Waals surface area contributed by atoms with Gasteiger partial charge < -0.3 is 9.64 Å². The molecule has 1 unspecified atom stereocenters. The number of carbonyl (C=O) groups is 2. The van der Waals surface area contributed by atoms with Crippen LogP contribution in [0, 0.1) is 6.92 Å². The zero-order valence-corrected chi connectivity index (χ0v) is 15.8. The molecule has 0 saturated carbocycles. The number of esters is 1. The van der Waals surface area contributed by atoms with Crippen molar-refractivity contribution in [2.24, 2.45) is 0 Å². The van der Waals surface area contributed by atoms with Crippen molar-refractivity contribution in [1.82, 2.24) is 25.1 Å². The van der Waals surface area contributed by atoms with Crippen LogP contribution >= 0.6 is 0 Å². The van der Waals surface area contributed by atoms with Gasteiger partial charge in [0.15, 0.2) is 12.6 Å². The number of amides is 1. The topological polar surface area (TPSA) is 90.2 Å². The molecule has 0 bridgehead atoms. The number of hydrogen-bond donors (Lipinski definition) is 0. The summed E-state index contributed by atoms with van der Waals surface area (Å²) in [6.07, 6.45) is 3.46. The highest BCUT2D eigenvalue weighted by molar-refractivity contribution is 5.83. The van der Waals surface area contributed by atoms with Crippen molar-refractivity contribution < 1.29 is 14.3 Å². The van der Waals surface area contributed by atoms with Crippen LogP contribution in [0.3, 0.4) is 0 Å². The molecule has 0 spiro atoms. The summed E-state index contributed by atoms with van der Waals surface area (Å²) in [7, 11) is 0. The Hall–Kier alpha value is -2.77. The van der Waals surface area contributed by atoms with Crippen LogP contribution in [0.1, 0.15) is 38.2 Å². The van der Waals surface area contributed by atoms with Gasteiger partial charge >= 0.3 is 5.97 Å². The van der Waals surface area contributed by atoms with Gasteiger partial charge in [-0.2, -0.15) is 4.80 Å². The second-order valence-corrected chi connectivity index (χ2v) is 6.88. The normalized spacial score (nSPS) is 15.9. The van der Waals surface area contributed by atoms with E-state index in [0.29, 0.717) is 5.82 Å². The molecule has 2 aromatic rings. The SMILES string of the molecule is Cc1ccc(-c2nnn(CC(=O)OC(C)C(=O)N3CCCCCC3)n2)cc1. The van der Waals surface area contributed by atoms with Gasteiger partial charge in [-0.1, -0.05) is 42.7 Å². The van der Waals surface area contributed by atoms with E-state index in [1.165, 1.54) is 4.80 Å². The van der Waals surface area contributed by atoms with Gasteiger partial charge in [0.2, 0.25) is 5.82 Å². The molecule has 144 valence electrons. The van der Waals surface area contributed by atoms with Crippen molar-refractivity contribution in [1.29, 1.82) is 0 Å². The van der Waals surface area contributed by atoms with E-state index >= 15 is 0 Å². The Morgan fingerprint density at radius 3 is 2.44 bits per heavy atom. The number of aryl methyl sites for hydroxylation is 1. The minimum atomic E-state index is -0.810. The fourth-order valence-electron chi connectivity index (χ4n) is 3.08. The number of likely N-dealkylation sites (tertiary alicyclic amines) is 1. The van der Waals surface area contributed by atoms with Gasteiger partial charge in [-0.05, 0) is 31.9 Å². The molecule has 1 aliphatic heterocycles. The maximum atomic E-state index is 12.5. The summed E-state index contributed by atoms with van der Waals surface area (Å²) in [6.45, 7) is 4.88. The smallest absolute Gasteiger partial charge is 0.330 e. The standard InChI is InChI=1S/C19H25N5O3/c1-14-7-9-16(10-8-14)18-20-22-24(21-18)13-17(25)27-15(2)19(26)23-11-5-3-4-6-12-23/h7-10,15H,3-6,11-13H2,1-2H3. The quantitative estimate of drug-likeness (QED) is 0.747. The minimum absolute atomic E-state index is 0.142. The first-order valence-electron chi connectivity index (χ1n) is 9.36. The number of carbonyl (C=O) groups excluding carboxylic acids is 2. The Labute approximate surface area is 158 Å². The van der Waals surface area contributed by atoms with Crippen LogP contribution in [-0.4, -0.2) is 56.2 Å². The first-order chi connectivity index (χ1) is 13.0. The molecule has 1 aromatic heterocycles. The highest BCUT2D eigenvalue weighted by atomic mass is 16.5. The lowest BCUT2D eigenvalue weighted by Crippen LogP contribution is -2.40. The van der Waals surface area contributed by atoms with Gasteiger partial charge in [-0.15, -0.1) is 10.2 Å². The summed E-state index contributed by atoms with van der Waals surface area (Å²) in [5, 5.41) is 12.1. The number of nitrogens with zero attached hydrogens (tertiary/aromatic N) is 5. The second-order valence-electron chi connectivity index (χ2n) is 6.88. The summed E-state index contributed by atoms with van der Waals surface area (Å²) in [5.41, 5.74) is 1.96. The summed E-state index contributed by atoms with van der Waals surface area (Å²) in [6, 6.07) is 7.72. The van der Waals surface area contributed by atoms with Crippen LogP contribution in [0.5, 0.6) is 0 Å². The fourth-order valence-corrected chi connectivity index (χ4v) is 3.08. The zero-order chi connectivity index (χ0) is 19.2. The lowest BCUT2D eigenvalue weighted by molar-refractivity contribution is -0.160. The maximum absolute atomic E-state index is 12.5. The molecule has 3 rings (SSSR count). The van der Waals surface area contributed by atoms with E-state index < -0.39 is 12.1 Å². The Bertz CT molecular complexity index is 779. The maximum Gasteiger partial charge on any atom is 0.330 e. The monoisotopic (exact) mass is 371 g/mol. The first-order valence-corrected chi connectivity index (χ1v) is 9.36. The molecule has 8 nitrogen and oxygen atoms in total. The molecule has 2 heterocycles. The summed E-state index contributed by atoms with van der Waals surface area (Å²) < 4.78 is 5.28. The third kappa shape index (κ3) is 5.12. The van der Waals surface area contributed by atoms with E-state index in [1.807, 2.05) is 31.2 Å². The van der Waals surface area contributed by atoms with Gasteiger partial charge in [0.05, 0.1) is 0 Å². The molecular formula is C19H25N5O3. The molecule has 1 amide bonds. The summed E-state index contributed by atoms with van der Waals surface area (Å²) >= 11 is 0. The molecule has 1 fully saturated rings. The van der Waals surface area contributed by atoms with Crippen molar-refractivity contribution in [3.05, 3.63) is 29.8 Å². The van der Waals surface area contributed by atoms with Crippen molar-refractivity contribution in [2.45, 2.75) is 52.2 Å². The molecule has 1 saturated heterocycles. The van der Waals surface area contributed by atoms with Crippen LogP contribution in [0.2, 0.25) is 0 Å².